The van der Waals surface area contributed by atoms with Gasteiger partial charge in [0.05, 0.1) is 0 Å². The van der Waals surface area contributed by atoms with Gasteiger partial charge in [-0.3, -0.25) is 0 Å². The van der Waals surface area contributed by atoms with Crippen molar-refractivity contribution in [1.82, 2.24) is 0 Å². The van der Waals surface area contributed by atoms with Crippen molar-refractivity contribution in [2.45, 2.75) is 52.9 Å². The van der Waals surface area contributed by atoms with Crippen LogP contribution < -0.4 is 0 Å². The van der Waals surface area contributed by atoms with Crippen LogP contribution in [0.5, 0.6) is 0 Å². The Labute approximate surface area is 77.5 Å². The molecule has 1 nitrogen and oxygen atoms in total. The van der Waals surface area contributed by atoms with E-state index in [-0.39, 0.29) is 0 Å². The average molecular weight is 172 g/mol. The van der Waals surface area contributed by atoms with Gasteiger partial charge in [0.2, 0.25) is 0 Å². The SMILES string of the molecule is CCCCCCC(C)COCC. The highest BCUT2D eigenvalue weighted by Gasteiger charge is 2.00. The van der Waals surface area contributed by atoms with Crippen molar-refractivity contribution in [2.24, 2.45) is 5.92 Å². The number of unbranched alkanes of at least 4 members (excludes halogenated alkanes) is 3. The molecular formula is C11H24O. The topological polar surface area (TPSA) is 9.23 Å². The van der Waals surface area contributed by atoms with E-state index in [0.29, 0.717) is 0 Å². The van der Waals surface area contributed by atoms with Crippen LogP contribution in [0.4, 0.5) is 0 Å². The molecule has 1 atom stereocenters. The normalized spacial score (nSPS) is 13.2. The molecule has 0 saturated heterocycles. The summed E-state index contributed by atoms with van der Waals surface area (Å²) in [6, 6.07) is 0. The van der Waals surface area contributed by atoms with Crippen molar-refractivity contribution in [2.75, 3.05) is 13.2 Å². The summed E-state index contributed by atoms with van der Waals surface area (Å²) in [4.78, 5) is 0. The summed E-state index contributed by atoms with van der Waals surface area (Å²) in [5.74, 6) is 0.752. The standard InChI is InChI=1S/C11H24O/c1-4-6-7-8-9-11(3)10-12-5-2/h11H,4-10H2,1-3H3. The van der Waals surface area contributed by atoms with Gasteiger partial charge in [0.15, 0.2) is 0 Å². The maximum atomic E-state index is 5.35. The fraction of sp³-hybridized carbons (Fsp3) is 1.00. The van der Waals surface area contributed by atoms with Crippen molar-refractivity contribution < 1.29 is 4.74 Å². The molecule has 0 rings (SSSR count). The lowest BCUT2D eigenvalue weighted by Gasteiger charge is -2.10. The Morgan fingerprint density at radius 2 is 1.83 bits per heavy atom. The van der Waals surface area contributed by atoms with Gasteiger partial charge < -0.3 is 4.74 Å². The Kier molecular flexibility index (Phi) is 9.02. The van der Waals surface area contributed by atoms with Gasteiger partial charge in [-0.1, -0.05) is 39.5 Å². The summed E-state index contributed by atoms with van der Waals surface area (Å²) >= 11 is 0. The van der Waals surface area contributed by atoms with Crippen molar-refractivity contribution in [1.29, 1.82) is 0 Å². The van der Waals surface area contributed by atoms with Gasteiger partial charge in [-0.15, -0.1) is 0 Å². The van der Waals surface area contributed by atoms with E-state index in [4.69, 9.17) is 4.74 Å². The number of hydrogen-bond donors (Lipinski definition) is 0. The van der Waals surface area contributed by atoms with Crippen molar-refractivity contribution in [3.63, 3.8) is 0 Å². The lowest BCUT2D eigenvalue weighted by Crippen LogP contribution is -2.05. The lowest BCUT2D eigenvalue weighted by atomic mass is 10.0. The molecule has 0 aliphatic heterocycles. The number of rotatable bonds is 8. The minimum Gasteiger partial charge on any atom is -0.381 e. The second kappa shape index (κ2) is 9.05. The molecule has 0 fully saturated rings. The molecule has 0 bridgehead atoms. The molecule has 1 heteroatoms. The van der Waals surface area contributed by atoms with Crippen LogP contribution in [0.2, 0.25) is 0 Å². The van der Waals surface area contributed by atoms with Gasteiger partial charge >= 0.3 is 0 Å². The maximum Gasteiger partial charge on any atom is 0.0491 e. The van der Waals surface area contributed by atoms with E-state index in [0.717, 1.165) is 19.1 Å². The molecule has 74 valence electrons. The first-order chi connectivity index (χ1) is 5.81. The van der Waals surface area contributed by atoms with Crippen LogP contribution in [0, 0.1) is 5.92 Å². The van der Waals surface area contributed by atoms with E-state index < -0.39 is 0 Å². The average Bonchev–Trinajstić information content (AvgIpc) is 2.09. The molecule has 0 amide bonds. The summed E-state index contributed by atoms with van der Waals surface area (Å²) in [7, 11) is 0. The second-order valence-corrected chi connectivity index (χ2v) is 3.61. The second-order valence-electron chi connectivity index (χ2n) is 3.61. The zero-order chi connectivity index (χ0) is 9.23. The van der Waals surface area contributed by atoms with Crippen LogP contribution in [0.15, 0.2) is 0 Å². The predicted molar refractivity (Wildman–Crippen MR) is 54.4 cm³/mol. The third kappa shape index (κ3) is 8.06. The molecule has 0 aromatic heterocycles. The number of hydrogen-bond acceptors (Lipinski definition) is 1. The maximum absolute atomic E-state index is 5.35. The van der Waals surface area contributed by atoms with Crippen LogP contribution in [0.1, 0.15) is 52.9 Å². The Hall–Kier alpha value is -0.0400. The summed E-state index contributed by atoms with van der Waals surface area (Å²) < 4.78 is 5.35. The zero-order valence-electron chi connectivity index (χ0n) is 8.94. The molecule has 0 aromatic carbocycles. The molecule has 12 heavy (non-hydrogen) atoms. The molecule has 0 heterocycles. The lowest BCUT2D eigenvalue weighted by molar-refractivity contribution is 0.112. The Balaban J connectivity index is 3.02. The first-order valence-electron chi connectivity index (χ1n) is 5.39. The fourth-order valence-electron chi connectivity index (χ4n) is 1.32. The van der Waals surface area contributed by atoms with Crippen molar-refractivity contribution >= 4 is 0 Å². The third-order valence-electron chi connectivity index (χ3n) is 2.16. The highest BCUT2D eigenvalue weighted by molar-refractivity contribution is 4.51. The van der Waals surface area contributed by atoms with Crippen molar-refractivity contribution in [3.8, 4) is 0 Å². The molecule has 0 N–H and O–H groups in total. The van der Waals surface area contributed by atoms with Crippen LogP contribution >= 0.6 is 0 Å². The van der Waals surface area contributed by atoms with E-state index in [9.17, 15) is 0 Å². The van der Waals surface area contributed by atoms with Gasteiger partial charge in [0, 0.05) is 13.2 Å². The molecule has 0 aliphatic carbocycles. The van der Waals surface area contributed by atoms with E-state index >= 15 is 0 Å². The van der Waals surface area contributed by atoms with Crippen molar-refractivity contribution in [3.05, 3.63) is 0 Å². The van der Waals surface area contributed by atoms with Crippen LogP contribution in [0.3, 0.4) is 0 Å². The van der Waals surface area contributed by atoms with E-state index in [1.807, 2.05) is 0 Å². The molecule has 0 aromatic rings. The van der Waals surface area contributed by atoms with Gasteiger partial charge in [-0.25, -0.2) is 0 Å². The molecule has 0 saturated carbocycles. The largest absolute Gasteiger partial charge is 0.381 e. The Bertz CT molecular complexity index is 81.1. The Morgan fingerprint density at radius 3 is 2.42 bits per heavy atom. The van der Waals surface area contributed by atoms with Gasteiger partial charge in [0.25, 0.3) is 0 Å². The molecular weight excluding hydrogens is 148 g/mol. The smallest absolute Gasteiger partial charge is 0.0491 e. The first kappa shape index (κ1) is 12.0. The van der Waals surface area contributed by atoms with E-state index in [2.05, 4.69) is 20.8 Å². The van der Waals surface area contributed by atoms with Crippen LogP contribution in [-0.2, 0) is 4.74 Å². The predicted octanol–water partition coefficient (Wildman–Crippen LogP) is 3.63. The van der Waals surface area contributed by atoms with Gasteiger partial charge in [-0.05, 0) is 19.3 Å². The summed E-state index contributed by atoms with van der Waals surface area (Å²) in [5.41, 5.74) is 0. The summed E-state index contributed by atoms with van der Waals surface area (Å²) in [5, 5.41) is 0. The van der Waals surface area contributed by atoms with E-state index in [1.54, 1.807) is 0 Å². The quantitative estimate of drug-likeness (QED) is 0.508. The zero-order valence-corrected chi connectivity index (χ0v) is 8.94. The highest BCUT2D eigenvalue weighted by Crippen LogP contribution is 2.10. The third-order valence-corrected chi connectivity index (χ3v) is 2.16. The summed E-state index contributed by atoms with van der Waals surface area (Å²) in [6.45, 7) is 8.40. The minimum atomic E-state index is 0.752. The fourth-order valence-corrected chi connectivity index (χ4v) is 1.32. The minimum absolute atomic E-state index is 0.752. The molecule has 0 spiro atoms. The van der Waals surface area contributed by atoms with Gasteiger partial charge in [0.1, 0.15) is 0 Å². The van der Waals surface area contributed by atoms with Crippen LogP contribution in [0.25, 0.3) is 0 Å². The molecule has 1 unspecified atom stereocenters. The first-order valence-corrected chi connectivity index (χ1v) is 5.39. The van der Waals surface area contributed by atoms with Gasteiger partial charge in [-0.2, -0.15) is 0 Å². The summed E-state index contributed by atoms with van der Waals surface area (Å²) in [6.07, 6.45) is 6.83. The Morgan fingerprint density at radius 1 is 1.08 bits per heavy atom. The molecule has 0 aliphatic rings. The monoisotopic (exact) mass is 172 g/mol. The number of ether oxygens (including phenoxy) is 1. The van der Waals surface area contributed by atoms with E-state index in [1.165, 1.54) is 32.1 Å². The highest BCUT2D eigenvalue weighted by atomic mass is 16.5. The molecule has 0 radical (unpaired) electrons. The van der Waals surface area contributed by atoms with Crippen LogP contribution in [-0.4, -0.2) is 13.2 Å².